The molecule has 2 N–H and O–H groups in total. The second kappa shape index (κ2) is 7.47. The number of carboxylic acid groups (broad SMARTS) is 1. The summed E-state index contributed by atoms with van der Waals surface area (Å²) in [5.41, 5.74) is 3.92. The van der Waals surface area contributed by atoms with Crippen molar-refractivity contribution in [3.05, 3.63) is 69.6 Å². The molecule has 0 radical (unpaired) electrons. The molecule has 0 atom stereocenters. The summed E-state index contributed by atoms with van der Waals surface area (Å²) in [5.74, 6) is -0.822. The molecule has 3 rings (SSSR count). The third kappa shape index (κ3) is 4.34. The highest BCUT2D eigenvalue weighted by atomic mass is 35.5. The van der Waals surface area contributed by atoms with E-state index < -0.39 is 5.97 Å². The summed E-state index contributed by atoms with van der Waals surface area (Å²) in [6.07, 6.45) is 1.81. The van der Waals surface area contributed by atoms with E-state index in [9.17, 15) is 4.79 Å². The van der Waals surface area contributed by atoms with Crippen LogP contribution in [0.3, 0.4) is 0 Å². The lowest BCUT2D eigenvalue weighted by Crippen LogP contribution is -1.99. The van der Waals surface area contributed by atoms with Crippen LogP contribution in [-0.4, -0.2) is 16.1 Å². The number of aliphatic carboxylic acids is 1. The Morgan fingerprint density at radius 2 is 1.96 bits per heavy atom. The monoisotopic (exact) mass is 358 g/mol. The molecule has 3 aromatic rings. The Labute approximate surface area is 148 Å². The minimum Gasteiger partial charge on any atom is -0.481 e. The molecule has 0 fully saturated rings. The topological polar surface area (TPSA) is 62.2 Å². The Morgan fingerprint density at radius 3 is 2.62 bits per heavy atom. The molecule has 0 bridgehead atoms. The first kappa shape index (κ1) is 16.5. The highest BCUT2D eigenvalue weighted by Crippen LogP contribution is 2.24. The minimum absolute atomic E-state index is 0.0410. The quantitative estimate of drug-likeness (QED) is 0.670. The van der Waals surface area contributed by atoms with Gasteiger partial charge in [-0.15, -0.1) is 11.3 Å². The van der Waals surface area contributed by atoms with Gasteiger partial charge in [0.25, 0.3) is 0 Å². The van der Waals surface area contributed by atoms with E-state index in [1.165, 1.54) is 11.3 Å². The average Bonchev–Trinajstić information content (AvgIpc) is 2.99. The summed E-state index contributed by atoms with van der Waals surface area (Å²) in [7, 11) is 0. The molecule has 0 aliphatic carbocycles. The third-order valence-electron chi connectivity index (χ3n) is 3.50. The van der Waals surface area contributed by atoms with E-state index in [2.05, 4.69) is 16.4 Å². The predicted octanol–water partition coefficient (Wildman–Crippen LogP) is 4.70. The van der Waals surface area contributed by atoms with Gasteiger partial charge in [-0.25, -0.2) is 4.98 Å². The van der Waals surface area contributed by atoms with Crippen LogP contribution >= 0.6 is 22.9 Å². The fraction of sp³-hybridized carbons (Fsp3) is 0.111. The Kier molecular flexibility index (Phi) is 5.13. The van der Waals surface area contributed by atoms with Gasteiger partial charge in [-0.2, -0.15) is 0 Å². The number of rotatable bonds is 6. The van der Waals surface area contributed by atoms with Gasteiger partial charge in [0.2, 0.25) is 0 Å². The lowest BCUT2D eigenvalue weighted by Gasteiger charge is -2.08. The summed E-state index contributed by atoms with van der Waals surface area (Å²) in [5, 5.41) is 12.2. The molecule has 0 aliphatic rings. The smallest absolute Gasteiger partial charge is 0.307 e. The Morgan fingerprint density at radius 1 is 1.17 bits per heavy atom. The van der Waals surface area contributed by atoms with Gasteiger partial charge in [0.15, 0.2) is 4.47 Å². The molecular weight excluding hydrogens is 344 g/mol. The third-order valence-corrected chi connectivity index (χ3v) is 4.61. The van der Waals surface area contributed by atoms with Gasteiger partial charge in [-0.3, -0.25) is 4.79 Å². The van der Waals surface area contributed by atoms with Crippen molar-refractivity contribution in [3.8, 4) is 11.1 Å². The van der Waals surface area contributed by atoms with Gasteiger partial charge in [0.05, 0.1) is 13.0 Å². The zero-order chi connectivity index (χ0) is 16.9. The maximum Gasteiger partial charge on any atom is 0.307 e. The zero-order valence-corrected chi connectivity index (χ0v) is 14.3. The lowest BCUT2D eigenvalue weighted by atomic mass is 10.0. The summed E-state index contributed by atoms with van der Waals surface area (Å²) in [6.45, 7) is 0.672. The highest BCUT2D eigenvalue weighted by Gasteiger charge is 2.04. The van der Waals surface area contributed by atoms with Crippen LogP contribution < -0.4 is 5.32 Å². The van der Waals surface area contributed by atoms with E-state index in [4.69, 9.17) is 16.7 Å². The molecule has 0 unspecified atom stereocenters. The molecule has 4 nitrogen and oxygen atoms in total. The molecule has 6 heteroatoms. The van der Waals surface area contributed by atoms with Crippen molar-refractivity contribution in [2.75, 3.05) is 5.32 Å². The molecule has 24 heavy (non-hydrogen) atoms. The van der Waals surface area contributed by atoms with Crippen LogP contribution in [0.15, 0.2) is 54.7 Å². The van der Waals surface area contributed by atoms with Gasteiger partial charge in [0, 0.05) is 16.8 Å². The van der Waals surface area contributed by atoms with E-state index in [-0.39, 0.29) is 6.42 Å². The van der Waals surface area contributed by atoms with Gasteiger partial charge >= 0.3 is 5.97 Å². The number of aromatic nitrogens is 1. The summed E-state index contributed by atoms with van der Waals surface area (Å²) < 4.78 is 0.544. The summed E-state index contributed by atoms with van der Waals surface area (Å²) >= 11 is 7.29. The van der Waals surface area contributed by atoms with Crippen LogP contribution in [0.2, 0.25) is 4.47 Å². The number of nitrogens with one attached hydrogen (secondary N) is 1. The van der Waals surface area contributed by atoms with Crippen LogP contribution in [0.1, 0.15) is 10.4 Å². The van der Waals surface area contributed by atoms with Crippen LogP contribution in [0.25, 0.3) is 11.1 Å². The maximum atomic E-state index is 10.7. The Bertz CT molecular complexity index is 846. The molecule has 0 saturated carbocycles. The normalized spacial score (nSPS) is 10.5. The second-order valence-electron chi connectivity index (χ2n) is 5.28. The molecule has 0 saturated heterocycles. The fourth-order valence-corrected chi connectivity index (χ4v) is 3.27. The molecule has 122 valence electrons. The number of hydrogen-bond acceptors (Lipinski definition) is 4. The van der Waals surface area contributed by atoms with Gasteiger partial charge in [-0.05, 0) is 28.8 Å². The van der Waals surface area contributed by atoms with Crippen LogP contribution in [0, 0.1) is 0 Å². The molecule has 0 spiro atoms. The summed E-state index contributed by atoms with van der Waals surface area (Å²) in [6, 6.07) is 15.7. The molecule has 1 aromatic heterocycles. The van der Waals surface area contributed by atoms with Gasteiger partial charge < -0.3 is 10.4 Å². The van der Waals surface area contributed by atoms with Crippen molar-refractivity contribution < 1.29 is 9.90 Å². The van der Waals surface area contributed by atoms with E-state index >= 15 is 0 Å². The predicted molar refractivity (Wildman–Crippen MR) is 97.7 cm³/mol. The molecule has 0 amide bonds. The molecule has 1 heterocycles. The van der Waals surface area contributed by atoms with Crippen LogP contribution in [-0.2, 0) is 17.8 Å². The standard InChI is InChI=1S/C18H15ClN2O2S/c19-18-21-11-16(24-18)10-20-15-3-1-2-14(9-15)13-6-4-12(5-7-13)8-17(22)23/h1-7,9,11,20H,8,10H2,(H,22,23). The minimum atomic E-state index is -0.822. The van der Waals surface area contributed by atoms with E-state index in [0.29, 0.717) is 11.0 Å². The summed E-state index contributed by atoms with van der Waals surface area (Å²) in [4.78, 5) is 15.8. The SMILES string of the molecule is O=C(O)Cc1ccc(-c2cccc(NCc3cnc(Cl)s3)c2)cc1. The second-order valence-corrected chi connectivity index (χ2v) is 6.98. The van der Waals surface area contributed by atoms with Gasteiger partial charge in [-0.1, -0.05) is 48.0 Å². The molecule has 0 aliphatic heterocycles. The van der Waals surface area contributed by atoms with Crippen LogP contribution in [0.4, 0.5) is 5.69 Å². The number of carboxylic acids is 1. The van der Waals surface area contributed by atoms with Crippen molar-refractivity contribution in [2.45, 2.75) is 13.0 Å². The van der Waals surface area contributed by atoms with E-state index in [0.717, 1.165) is 27.3 Å². The number of halogens is 1. The number of benzene rings is 2. The van der Waals surface area contributed by atoms with Crippen molar-refractivity contribution in [3.63, 3.8) is 0 Å². The first-order chi connectivity index (χ1) is 11.6. The van der Waals surface area contributed by atoms with Gasteiger partial charge in [0.1, 0.15) is 0 Å². The molecular formula is C18H15ClN2O2S. The number of thiazole rings is 1. The molecule has 2 aromatic carbocycles. The Hall–Kier alpha value is -2.37. The number of carbonyl (C=O) groups is 1. The maximum absolute atomic E-state index is 10.7. The van der Waals surface area contributed by atoms with Crippen molar-refractivity contribution in [1.29, 1.82) is 0 Å². The number of hydrogen-bond donors (Lipinski definition) is 2. The zero-order valence-electron chi connectivity index (χ0n) is 12.7. The first-order valence-corrected chi connectivity index (χ1v) is 8.55. The average molecular weight is 359 g/mol. The van der Waals surface area contributed by atoms with Crippen molar-refractivity contribution in [1.82, 2.24) is 4.98 Å². The fourth-order valence-electron chi connectivity index (χ4n) is 2.35. The van der Waals surface area contributed by atoms with Crippen LogP contribution in [0.5, 0.6) is 0 Å². The van der Waals surface area contributed by atoms with Crippen molar-refractivity contribution in [2.24, 2.45) is 0 Å². The Balaban J connectivity index is 1.71. The number of nitrogens with zero attached hydrogens (tertiary/aromatic N) is 1. The lowest BCUT2D eigenvalue weighted by molar-refractivity contribution is -0.136. The van der Waals surface area contributed by atoms with E-state index in [1.807, 2.05) is 42.5 Å². The van der Waals surface area contributed by atoms with E-state index in [1.54, 1.807) is 6.20 Å². The largest absolute Gasteiger partial charge is 0.481 e. The first-order valence-electron chi connectivity index (χ1n) is 7.35. The number of anilines is 1. The van der Waals surface area contributed by atoms with Crippen molar-refractivity contribution >= 4 is 34.6 Å². The highest BCUT2D eigenvalue weighted by molar-refractivity contribution is 7.15.